The van der Waals surface area contributed by atoms with Crippen LogP contribution in [0.5, 0.6) is 0 Å². The van der Waals surface area contributed by atoms with Crippen LogP contribution in [-0.4, -0.2) is 41.5 Å². The van der Waals surface area contributed by atoms with E-state index in [1.807, 2.05) is 6.92 Å². The first kappa shape index (κ1) is 13.4. The molecular weight excluding hydrogens is 222 g/mol. The Bertz CT molecular complexity index is 254. The molecule has 1 saturated carbocycles. The third-order valence-corrected chi connectivity index (χ3v) is 2.91. The highest BCUT2D eigenvalue weighted by molar-refractivity contribution is 7.80. The van der Waals surface area contributed by atoms with Gasteiger partial charge < -0.3 is 11.1 Å². The molecule has 1 aliphatic rings. The average Bonchev–Trinajstić information content (AvgIpc) is 3.01. The summed E-state index contributed by atoms with van der Waals surface area (Å²) in [6.45, 7) is 4.34. The molecule has 0 atom stereocenters. The van der Waals surface area contributed by atoms with Crippen molar-refractivity contribution in [1.82, 2.24) is 10.2 Å². The van der Waals surface area contributed by atoms with Gasteiger partial charge in [-0.3, -0.25) is 9.69 Å². The first-order valence-corrected chi connectivity index (χ1v) is 6.33. The van der Waals surface area contributed by atoms with Crippen molar-refractivity contribution in [2.24, 2.45) is 5.73 Å². The number of hydrogen-bond acceptors (Lipinski definition) is 3. The van der Waals surface area contributed by atoms with Crippen molar-refractivity contribution in [3.05, 3.63) is 0 Å². The maximum Gasteiger partial charge on any atom is 0.221 e. The second-order valence-electron chi connectivity index (χ2n) is 4.19. The van der Waals surface area contributed by atoms with Gasteiger partial charge in [0.15, 0.2) is 0 Å². The zero-order valence-electron chi connectivity index (χ0n) is 9.87. The Hall–Kier alpha value is -0.680. The van der Waals surface area contributed by atoms with Crippen LogP contribution in [0.2, 0.25) is 0 Å². The minimum absolute atomic E-state index is 0.128. The Labute approximate surface area is 103 Å². The van der Waals surface area contributed by atoms with Gasteiger partial charge in [0.1, 0.15) is 0 Å². The van der Waals surface area contributed by atoms with E-state index in [0.717, 1.165) is 19.5 Å². The minimum Gasteiger partial charge on any atom is -0.393 e. The molecule has 0 aliphatic heterocycles. The topological polar surface area (TPSA) is 58.4 Å². The molecule has 0 bridgehead atoms. The van der Waals surface area contributed by atoms with E-state index in [-0.39, 0.29) is 5.91 Å². The van der Waals surface area contributed by atoms with E-state index in [4.69, 9.17) is 18.0 Å². The zero-order valence-corrected chi connectivity index (χ0v) is 10.7. The summed E-state index contributed by atoms with van der Waals surface area (Å²) in [5, 5.41) is 2.81. The number of hydrogen-bond donors (Lipinski definition) is 2. The van der Waals surface area contributed by atoms with E-state index in [0.29, 0.717) is 24.0 Å². The molecule has 1 aliphatic carbocycles. The lowest BCUT2D eigenvalue weighted by Crippen LogP contribution is -2.34. The number of nitrogens with zero attached hydrogens (tertiary/aromatic N) is 1. The highest BCUT2D eigenvalue weighted by atomic mass is 32.1. The molecule has 0 aromatic rings. The molecule has 5 heteroatoms. The van der Waals surface area contributed by atoms with Gasteiger partial charge in [0.25, 0.3) is 0 Å². The Balaban J connectivity index is 2.22. The highest BCUT2D eigenvalue weighted by Crippen LogP contribution is 2.26. The van der Waals surface area contributed by atoms with Crippen LogP contribution in [0.4, 0.5) is 0 Å². The number of nitrogens with two attached hydrogens (primary N) is 1. The average molecular weight is 243 g/mol. The Kier molecular flexibility index (Phi) is 5.69. The first-order valence-electron chi connectivity index (χ1n) is 5.92. The van der Waals surface area contributed by atoms with E-state index in [1.54, 1.807) is 0 Å². The molecule has 1 amide bonds. The van der Waals surface area contributed by atoms with Gasteiger partial charge in [0, 0.05) is 38.5 Å². The molecule has 0 spiro atoms. The van der Waals surface area contributed by atoms with Gasteiger partial charge in [0.2, 0.25) is 5.91 Å². The summed E-state index contributed by atoms with van der Waals surface area (Å²) in [6.07, 6.45) is 3.81. The zero-order chi connectivity index (χ0) is 12.0. The van der Waals surface area contributed by atoms with E-state index < -0.39 is 0 Å². The van der Waals surface area contributed by atoms with Gasteiger partial charge in [-0.15, -0.1) is 0 Å². The van der Waals surface area contributed by atoms with Crippen molar-refractivity contribution in [1.29, 1.82) is 0 Å². The molecule has 0 aromatic heterocycles. The van der Waals surface area contributed by atoms with E-state index in [2.05, 4.69) is 10.2 Å². The van der Waals surface area contributed by atoms with Gasteiger partial charge in [-0.2, -0.15) is 0 Å². The van der Waals surface area contributed by atoms with Crippen molar-refractivity contribution in [2.75, 3.05) is 19.6 Å². The van der Waals surface area contributed by atoms with Crippen LogP contribution < -0.4 is 11.1 Å². The van der Waals surface area contributed by atoms with Crippen molar-refractivity contribution >= 4 is 23.1 Å². The predicted octanol–water partition coefficient (Wildman–Crippen LogP) is 0.653. The minimum atomic E-state index is 0.128. The van der Waals surface area contributed by atoms with Crippen molar-refractivity contribution < 1.29 is 4.79 Å². The molecule has 3 N–H and O–H groups in total. The van der Waals surface area contributed by atoms with Crippen molar-refractivity contribution in [2.45, 2.75) is 38.6 Å². The van der Waals surface area contributed by atoms with Gasteiger partial charge in [-0.25, -0.2) is 0 Å². The fraction of sp³-hybridized carbons (Fsp3) is 0.818. The molecule has 0 saturated heterocycles. The fourth-order valence-electron chi connectivity index (χ4n) is 1.70. The maximum absolute atomic E-state index is 11.3. The normalized spacial score (nSPS) is 15.1. The van der Waals surface area contributed by atoms with E-state index in [9.17, 15) is 4.79 Å². The molecule has 0 unspecified atom stereocenters. The van der Waals surface area contributed by atoms with Gasteiger partial charge >= 0.3 is 0 Å². The molecule has 0 radical (unpaired) electrons. The lowest BCUT2D eigenvalue weighted by atomic mass is 10.3. The maximum atomic E-state index is 11.3. The number of thiocarbonyl (C=S) groups is 1. The number of carbonyl (C=O) groups excluding carboxylic acids is 1. The largest absolute Gasteiger partial charge is 0.393 e. The highest BCUT2D eigenvalue weighted by Gasteiger charge is 2.28. The SMILES string of the molecule is CCNC(=O)CCN(CCC(N)=S)C1CC1. The molecule has 4 nitrogen and oxygen atoms in total. The van der Waals surface area contributed by atoms with Crippen molar-refractivity contribution in [3.63, 3.8) is 0 Å². The standard InChI is InChI=1S/C11H21N3OS/c1-2-13-11(15)6-8-14(9-3-4-9)7-5-10(12)16/h9H,2-8H2,1H3,(H2,12,16)(H,13,15). The Morgan fingerprint density at radius 2 is 2.06 bits per heavy atom. The van der Waals surface area contributed by atoms with Gasteiger partial charge in [-0.1, -0.05) is 12.2 Å². The monoisotopic (exact) mass is 243 g/mol. The number of rotatable bonds is 8. The summed E-state index contributed by atoms with van der Waals surface area (Å²) in [7, 11) is 0. The summed E-state index contributed by atoms with van der Waals surface area (Å²) in [5.41, 5.74) is 5.49. The van der Waals surface area contributed by atoms with Crippen LogP contribution in [0, 0.1) is 0 Å². The van der Waals surface area contributed by atoms with E-state index >= 15 is 0 Å². The molecule has 1 rings (SSSR count). The summed E-state index contributed by atoms with van der Waals surface area (Å²) < 4.78 is 0. The summed E-state index contributed by atoms with van der Waals surface area (Å²) in [6, 6.07) is 0.656. The Morgan fingerprint density at radius 1 is 1.44 bits per heavy atom. The van der Waals surface area contributed by atoms with Gasteiger partial charge in [-0.05, 0) is 19.8 Å². The van der Waals surface area contributed by atoms with Crippen LogP contribution in [0.25, 0.3) is 0 Å². The molecule has 16 heavy (non-hydrogen) atoms. The molecule has 0 aromatic carbocycles. The molecule has 92 valence electrons. The second kappa shape index (κ2) is 6.81. The smallest absolute Gasteiger partial charge is 0.221 e. The molecule has 0 heterocycles. The lowest BCUT2D eigenvalue weighted by Gasteiger charge is -2.21. The third-order valence-electron chi connectivity index (χ3n) is 2.71. The molecular formula is C11H21N3OS. The summed E-state index contributed by atoms with van der Waals surface area (Å²) >= 11 is 4.87. The van der Waals surface area contributed by atoms with E-state index in [1.165, 1.54) is 12.8 Å². The predicted molar refractivity (Wildman–Crippen MR) is 69.3 cm³/mol. The van der Waals surface area contributed by atoms with Crippen LogP contribution in [0.15, 0.2) is 0 Å². The van der Waals surface area contributed by atoms with Gasteiger partial charge in [0.05, 0.1) is 4.99 Å². The summed E-state index contributed by atoms with van der Waals surface area (Å²) in [4.78, 5) is 14.2. The number of nitrogens with one attached hydrogen (secondary N) is 1. The quantitative estimate of drug-likeness (QED) is 0.615. The van der Waals surface area contributed by atoms with Crippen molar-refractivity contribution in [3.8, 4) is 0 Å². The Morgan fingerprint density at radius 3 is 2.56 bits per heavy atom. The van der Waals surface area contributed by atoms with Crippen LogP contribution >= 0.6 is 12.2 Å². The summed E-state index contributed by atoms with van der Waals surface area (Å²) in [5.74, 6) is 0.128. The number of amides is 1. The van der Waals surface area contributed by atoms with Crippen LogP contribution in [0.3, 0.4) is 0 Å². The second-order valence-corrected chi connectivity index (χ2v) is 4.71. The lowest BCUT2D eigenvalue weighted by molar-refractivity contribution is -0.121. The van der Waals surface area contributed by atoms with Crippen LogP contribution in [0.1, 0.15) is 32.6 Å². The number of carbonyl (C=O) groups is 1. The first-order chi connectivity index (χ1) is 7.63. The molecule has 1 fully saturated rings. The fourth-order valence-corrected chi connectivity index (χ4v) is 1.79. The van der Waals surface area contributed by atoms with Crippen LogP contribution in [-0.2, 0) is 4.79 Å². The third kappa shape index (κ3) is 5.42.